The van der Waals surface area contributed by atoms with Crippen LogP contribution < -0.4 is 69.3 Å². The Hall–Kier alpha value is -0.360. The molecule has 0 saturated carbocycles. The second kappa shape index (κ2) is 7.28. The summed E-state index contributed by atoms with van der Waals surface area (Å²) < 4.78 is 0. The van der Waals surface area contributed by atoms with Crippen molar-refractivity contribution in [2.24, 2.45) is 0 Å². The second-order valence-corrected chi connectivity index (χ2v) is 3.32. The van der Waals surface area contributed by atoms with E-state index in [4.69, 9.17) is 0 Å². The Morgan fingerprint density at radius 3 is 2.06 bits per heavy atom. The van der Waals surface area contributed by atoms with Crippen LogP contribution in [-0.4, -0.2) is 11.9 Å². The molecule has 18 heavy (non-hydrogen) atoms. The first-order valence-electron chi connectivity index (χ1n) is 4.55. The zero-order chi connectivity index (χ0) is 11.7. The van der Waals surface area contributed by atoms with Crippen molar-refractivity contribution < 1.29 is 78.9 Å². The Morgan fingerprint density at radius 2 is 1.50 bits per heavy atom. The maximum atomic E-state index is 10.9. The number of carbonyl (C=O) groups excluding carboxylic acids is 2. The topological polar surface area (TPSA) is 80.3 Å². The molecule has 4 nitrogen and oxygen atoms in total. The van der Waals surface area contributed by atoms with Crippen LogP contribution in [0.5, 0.6) is 0 Å². The zero-order valence-electron chi connectivity index (χ0n) is 10.1. The second-order valence-electron chi connectivity index (χ2n) is 3.32. The first kappa shape index (κ1) is 17.6. The molecule has 0 heterocycles. The van der Waals surface area contributed by atoms with Crippen LogP contribution in [0.15, 0.2) is 36.4 Å². The van der Waals surface area contributed by atoms with Gasteiger partial charge in [-0.1, -0.05) is 24.3 Å². The van der Waals surface area contributed by atoms with E-state index in [0.717, 1.165) is 6.07 Å². The fourth-order valence-corrected chi connectivity index (χ4v) is 1.60. The molecular weight excluding hydrogens is 254 g/mol. The van der Waals surface area contributed by atoms with Crippen molar-refractivity contribution in [3.8, 4) is 0 Å². The van der Waals surface area contributed by atoms with Gasteiger partial charge in [0.2, 0.25) is 0 Å². The molecular formula is C12H6Na2O4. The molecule has 0 aliphatic rings. The molecule has 0 N–H and O–H groups in total. The van der Waals surface area contributed by atoms with Crippen molar-refractivity contribution in [2.75, 3.05) is 0 Å². The van der Waals surface area contributed by atoms with Gasteiger partial charge < -0.3 is 19.8 Å². The number of aromatic carboxylic acids is 2. The number of rotatable bonds is 2. The number of carbonyl (C=O) groups is 2. The molecule has 0 fully saturated rings. The molecule has 0 bridgehead atoms. The molecule has 0 aromatic heterocycles. The van der Waals surface area contributed by atoms with Crippen LogP contribution in [0.1, 0.15) is 20.7 Å². The molecule has 0 aliphatic heterocycles. The monoisotopic (exact) mass is 260 g/mol. The van der Waals surface area contributed by atoms with Gasteiger partial charge in [-0.3, -0.25) is 0 Å². The Morgan fingerprint density at radius 1 is 0.889 bits per heavy atom. The first-order valence-corrected chi connectivity index (χ1v) is 4.55. The van der Waals surface area contributed by atoms with Crippen molar-refractivity contribution in [1.82, 2.24) is 0 Å². The third-order valence-electron chi connectivity index (χ3n) is 2.32. The number of carboxylic acids is 2. The minimum Gasteiger partial charge on any atom is -0.545 e. The predicted molar refractivity (Wildman–Crippen MR) is 52.6 cm³/mol. The van der Waals surface area contributed by atoms with Crippen LogP contribution in [0.25, 0.3) is 10.8 Å². The van der Waals surface area contributed by atoms with Crippen LogP contribution in [0, 0.1) is 0 Å². The van der Waals surface area contributed by atoms with Crippen molar-refractivity contribution in [1.29, 1.82) is 0 Å². The summed E-state index contributed by atoms with van der Waals surface area (Å²) in [6, 6.07) is 9.02. The summed E-state index contributed by atoms with van der Waals surface area (Å²) in [5, 5.41) is 22.5. The van der Waals surface area contributed by atoms with E-state index in [1.165, 1.54) is 6.07 Å². The van der Waals surface area contributed by atoms with Gasteiger partial charge in [-0.25, -0.2) is 0 Å². The maximum Gasteiger partial charge on any atom is 1.00 e. The van der Waals surface area contributed by atoms with E-state index >= 15 is 0 Å². The summed E-state index contributed by atoms with van der Waals surface area (Å²) >= 11 is 0. The number of carboxylic acid groups (broad SMARTS) is 2. The van der Waals surface area contributed by atoms with Crippen molar-refractivity contribution in [3.05, 3.63) is 47.5 Å². The molecule has 2 aromatic rings. The molecule has 80 valence electrons. The van der Waals surface area contributed by atoms with Gasteiger partial charge in [0.05, 0.1) is 11.9 Å². The van der Waals surface area contributed by atoms with Gasteiger partial charge in [-0.2, -0.15) is 0 Å². The van der Waals surface area contributed by atoms with E-state index in [0.29, 0.717) is 10.8 Å². The summed E-state index contributed by atoms with van der Waals surface area (Å²) in [6.07, 6.45) is 0. The van der Waals surface area contributed by atoms with Crippen molar-refractivity contribution in [3.63, 3.8) is 0 Å². The molecule has 0 aliphatic carbocycles. The van der Waals surface area contributed by atoms with Gasteiger partial charge >= 0.3 is 59.1 Å². The molecule has 0 radical (unpaired) electrons. The number of hydrogen-bond donors (Lipinski definition) is 0. The van der Waals surface area contributed by atoms with E-state index in [1.54, 1.807) is 24.3 Å². The summed E-state index contributed by atoms with van der Waals surface area (Å²) in [6.45, 7) is 0. The quantitative estimate of drug-likeness (QED) is 0.503. The molecule has 2 rings (SSSR count). The predicted octanol–water partition coefficient (Wildman–Crippen LogP) is -6.43. The van der Waals surface area contributed by atoms with Gasteiger partial charge in [0.15, 0.2) is 0 Å². The van der Waals surface area contributed by atoms with Crippen LogP contribution in [-0.2, 0) is 0 Å². The third-order valence-corrected chi connectivity index (χ3v) is 2.32. The normalized spacial score (nSPS) is 9.11. The van der Waals surface area contributed by atoms with E-state index in [-0.39, 0.29) is 70.2 Å². The number of benzene rings is 2. The summed E-state index contributed by atoms with van der Waals surface area (Å²) in [4.78, 5) is 21.6. The van der Waals surface area contributed by atoms with Gasteiger partial charge in [-0.05, 0) is 28.5 Å². The van der Waals surface area contributed by atoms with Crippen LogP contribution >= 0.6 is 0 Å². The summed E-state index contributed by atoms with van der Waals surface area (Å²) in [5.74, 6) is -2.81. The van der Waals surface area contributed by atoms with Crippen LogP contribution in [0.2, 0.25) is 0 Å². The number of fused-ring (bicyclic) bond motifs is 1. The summed E-state index contributed by atoms with van der Waals surface area (Å²) in [5.41, 5.74) is -0.310. The Labute approximate surface area is 148 Å². The number of hydrogen-bond acceptors (Lipinski definition) is 4. The molecule has 6 heteroatoms. The van der Waals surface area contributed by atoms with Crippen molar-refractivity contribution >= 4 is 22.7 Å². The average molecular weight is 260 g/mol. The molecule has 0 atom stereocenters. The maximum absolute atomic E-state index is 10.9. The Balaban J connectivity index is 0.00000144. The molecule has 0 saturated heterocycles. The average Bonchev–Trinajstić information content (AvgIpc) is 2.27. The largest absolute Gasteiger partial charge is 1.00 e. The van der Waals surface area contributed by atoms with Gasteiger partial charge in [0.25, 0.3) is 0 Å². The van der Waals surface area contributed by atoms with E-state index < -0.39 is 11.9 Å². The Kier molecular flexibility index (Phi) is 7.14. The third kappa shape index (κ3) is 3.57. The molecule has 0 unspecified atom stereocenters. The van der Waals surface area contributed by atoms with Gasteiger partial charge in [0.1, 0.15) is 0 Å². The minimum atomic E-state index is -1.41. The first-order chi connectivity index (χ1) is 7.59. The standard InChI is InChI=1S/C12H8O4.2Na/c13-11(14)8-5-7-3-1-2-4-9(7)10(6-8)12(15)16;;/h1-6H,(H,13,14)(H,15,16);;/q;2*+1/p-2. The fraction of sp³-hybridized carbons (Fsp3) is 0. The van der Waals surface area contributed by atoms with Gasteiger partial charge in [-0.15, -0.1) is 0 Å². The van der Waals surface area contributed by atoms with Crippen LogP contribution in [0.4, 0.5) is 0 Å². The Bertz CT molecular complexity index is 596. The smallest absolute Gasteiger partial charge is 0.545 e. The van der Waals surface area contributed by atoms with E-state index in [9.17, 15) is 19.8 Å². The van der Waals surface area contributed by atoms with Crippen molar-refractivity contribution in [2.45, 2.75) is 0 Å². The summed E-state index contributed by atoms with van der Waals surface area (Å²) in [7, 11) is 0. The minimum absolute atomic E-state index is 0. The molecule has 2 aromatic carbocycles. The zero-order valence-corrected chi connectivity index (χ0v) is 14.1. The fourth-order valence-electron chi connectivity index (χ4n) is 1.60. The molecule has 0 amide bonds. The SMILES string of the molecule is O=C([O-])c1cc(C(=O)[O-])c2ccccc2c1.[Na+].[Na+]. The molecule has 0 spiro atoms. The van der Waals surface area contributed by atoms with E-state index in [1.807, 2.05) is 0 Å². The van der Waals surface area contributed by atoms with Crippen LogP contribution in [0.3, 0.4) is 0 Å². The van der Waals surface area contributed by atoms with Gasteiger partial charge in [0, 0.05) is 5.56 Å². The van der Waals surface area contributed by atoms with E-state index in [2.05, 4.69) is 0 Å².